The molecule has 0 radical (unpaired) electrons. The minimum absolute atomic E-state index is 0.643. The Kier molecular flexibility index (Phi) is 1.51. The molecule has 0 aromatic carbocycles. The molecule has 4 nitrogen and oxygen atoms in total. The van der Waals surface area contributed by atoms with Crippen LogP contribution >= 0.6 is 0 Å². The molecule has 2 heterocycles. The lowest BCUT2D eigenvalue weighted by atomic mass is 10.4. The monoisotopic (exact) mass is 161 g/mol. The lowest BCUT2D eigenvalue weighted by Gasteiger charge is -1.99. The van der Waals surface area contributed by atoms with Crippen LogP contribution in [0.5, 0.6) is 0 Å². The maximum Gasteiger partial charge on any atom is 0.211 e. The van der Waals surface area contributed by atoms with Crippen molar-refractivity contribution >= 4 is 17.7 Å². The number of fused-ring (bicyclic) bond motifs is 1. The molecule has 1 amide bonds. The highest BCUT2D eigenvalue weighted by atomic mass is 16.1. The summed E-state index contributed by atoms with van der Waals surface area (Å²) in [7, 11) is 0. The average Bonchev–Trinajstić information content (AvgIpc) is 2.53. The van der Waals surface area contributed by atoms with Gasteiger partial charge >= 0.3 is 0 Å². The number of nitrogens with zero attached hydrogens (tertiary/aromatic N) is 2. The number of nitrogens with one attached hydrogen (secondary N) is 1. The van der Waals surface area contributed by atoms with Crippen LogP contribution in [0.25, 0.3) is 5.65 Å². The predicted molar refractivity (Wildman–Crippen MR) is 44.9 cm³/mol. The first-order chi connectivity index (χ1) is 5.92. The van der Waals surface area contributed by atoms with E-state index in [4.69, 9.17) is 0 Å². The average molecular weight is 161 g/mol. The fraction of sp³-hybridized carbons (Fsp3) is 0. The fourth-order valence-electron chi connectivity index (χ4n) is 1.12. The van der Waals surface area contributed by atoms with E-state index >= 15 is 0 Å². The summed E-state index contributed by atoms with van der Waals surface area (Å²) in [6, 6.07) is 3.65. The summed E-state index contributed by atoms with van der Waals surface area (Å²) in [5.41, 5.74) is 1.47. The highest BCUT2D eigenvalue weighted by Gasteiger charge is 1.98. The highest BCUT2D eigenvalue weighted by molar-refractivity contribution is 5.80. The van der Waals surface area contributed by atoms with E-state index in [1.807, 2.05) is 22.9 Å². The molecule has 2 rings (SSSR count). The molecule has 4 heteroatoms. The van der Waals surface area contributed by atoms with Crippen molar-refractivity contribution in [3.63, 3.8) is 0 Å². The largest absolute Gasteiger partial charge is 0.326 e. The van der Waals surface area contributed by atoms with Crippen LogP contribution in [-0.2, 0) is 4.79 Å². The van der Waals surface area contributed by atoms with Gasteiger partial charge < -0.3 is 9.72 Å². The van der Waals surface area contributed by atoms with Crippen LogP contribution in [0, 0.1) is 0 Å². The predicted octanol–water partition coefficient (Wildman–Crippen LogP) is 0.903. The second-order valence-electron chi connectivity index (χ2n) is 2.34. The number of imidazole rings is 1. The maximum atomic E-state index is 10.2. The SMILES string of the molecule is O=CNc1cccn2ccnc12. The van der Waals surface area contributed by atoms with Gasteiger partial charge in [-0.05, 0) is 12.1 Å². The molecule has 0 saturated carbocycles. The number of hydrogen-bond donors (Lipinski definition) is 1. The molecule has 0 aliphatic rings. The molecule has 0 saturated heterocycles. The van der Waals surface area contributed by atoms with Crippen LogP contribution in [0.4, 0.5) is 5.69 Å². The zero-order valence-corrected chi connectivity index (χ0v) is 6.27. The number of rotatable bonds is 2. The number of pyridine rings is 1. The van der Waals surface area contributed by atoms with Gasteiger partial charge in [0, 0.05) is 18.6 Å². The zero-order chi connectivity index (χ0) is 8.39. The summed E-state index contributed by atoms with van der Waals surface area (Å²) in [5.74, 6) is 0. The van der Waals surface area contributed by atoms with Gasteiger partial charge in [0.05, 0.1) is 5.69 Å². The van der Waals surface area contributed by atoms with Gasteiger partial charge in [0.1, 0.15) is 0 Å². The number of amides is 1. The van der Waals surface area contributed by atoms with Crippen LogP contribution in [0.15, 0.2) is 30.7 Å². The highest BCUT2D eigenvalue weighted by Crippen LogP contribution is 2.12. The van der Waals surface area contributed by atoms with E-state index in [0.717, 1.165) is 11.3 Å². The molecule has 0 aliphatic carbocycles. The van der Waals surface area contributed by atoms with Crippen LogP contribution in [0.2, 0.25) is 0 Å². The Morgan fingerprint density at radius 1 is 1.50 bits per heavy atom. The Bertz CT molecular complexity index is 407. The van der Waals surface area contributed by atoms with E-state index < -0.39 is 0 Å². The van der Waals surface area contributed by atoms with Gasteiger partial charge in [0.2, 0.25) is 6.41 Å². The van der Waals surface area contributed by atoms with Crippen molar-refractivity contribution in [2.45, 2.75) is 0 Å². The first-order valence-corrected chi connectivity index (χ1v) is 3.53. The van der Waals surface area contributed by atoms with Crippen molar-refractivity contribution in [3.05, 3.63) is 30.7 Å². The van der Waals surface area contributed by atoms with E-state index in [9.17, 15) is 4.79 Å². The summed E-state index contributed by atoms with van der Waals surface area (Å²) < 4.78 is 1.84. The second kappa shape index (κ2) is 2.65. The first kappa shape index (κ1) is 6.84. The van der Waals surface area contributed by atoms with Gasteiger partial charge in [0.15, 0.2) is 5.65 Å². The summed E-state index contributed by atoms with van der Waals surface area (Å²) in [4.78, 5) is 14.3. The Labute approximate surface area is 68.8 Å². The van der Waals surface area contributed by atoms with Crippen molar-refractivity contribution in [1.29, 1.82) is 0 Å². The molecule has 0 aliphatic heterocycles. The van der Waals surface area contributed by atoms with E-state index in [0.29, 0.717) is 6.41 Å². The Hall–Kier alpha value is -1.84. The van der Waals surface area contributed by atoms with Gasteiger partial charge in [-0.15, -0.1) is 0 Å². The zero-order valence-electron chi connectivity index (χ0n) is 6.27. The number of aromatic nitrogens is 2. The molecule has 0 bridgehead atoms. The van der Waals surface area contributed by atoms with Gasteiger partial charge in [-0.2, -0.15) is 0 Å². The van der Waals surface area contributed by atoms with Crippen LogP contribution < -0.4 is 5.32 Å². The topological polar surface area (TPSA) is 46.4 Å². The quantitative estimate of drug-likeness (QED) is 0.665. The molecular formula is C8H7N3O. The van der Waals surface area contributed by atoms with Crippen molar-refractivity contribution in [3.8, 4) is 0 Å². The molecule has 2 aromatic rings. The molecule has 0 unspecified atom stereocenters. The third-order valence-corrected chi connectivity index (χ3v) is 1.63. The molecule has 0 spiro atoms. The Morgan fingerprint density at radius 3 is 3.25 bits per heavy atom. The smallest absolute Gasteiger partial charge is 0.211 e. The standard InChI is InChI=1S/C8H7N3O/c12-6-10-7-2-1-4-11-5-3-9-8(7)11/h1-6H,(H,10,12). The lowest BCUT2D eigenvalue weighted by Crippen LogP contribution is -1.96. The molecule has 0 atom stereocenters. The summed E-state index contributed by atoms with van der Waals surface area (Å²) in [6.45, 7) is 0. The van der Waals surface area contributed by atoms with Gasteiger partial charge in [-0.25, -0.2) is 4.98 Å². The third kappa shape index (κ3) is 0.934. The van der Waals surface area contributed by atoms with Gasteiger partial charge in [0.25, 0.3) is 0 Å². The lowest BCUT2D eigenvalue weighted by molar-refractivity contribution is -0.105. The molecule has 1 N–H and O–H groups in total. The van der Waals surface area contributed by atoms with Gasteiger partial charge in [-0.1, -0.05) is 0 Å². The molecule has 12 heavy (non-hydrogen) atoms. The Balaban J connectivity index is 2.65. The van der Waals surface area contributed by atoms with Crippen LogP contribution in [0.1, 0.15) is 0 Å². The van der Waals surface area contributed by atoms with Gasteiger partial charge in [-0.3, -0.25) is 4.79 Å². The third-order valence-electron chi connectivity index (χ3n) is 1.63. The summed E-state index contributed by atoms with van der Waals surface area (Å²) >= 11 is 0. The van der Waals surface area contributed by atoms with Crippen LogP contribution in [-0.4, -0.2) is 15.8 Å². The number of anilines is 1. The normalized spacial score (nSPS) is 10.0. The van der Waals surface area contributed by atoms with Crippen molar-refractivity contribution in [1.82, 2.24) is 9.38 Å². The maximum absolute atomic E-state index is 10.2. The second-order valence-corrected chi connectivity index (χ2v) is 2.34. The minimum Gasteiger partial charge on any atom is -0.326 e. The fourth-order valence-corrected chi connectivity index (χ4v) is 1.12. The number of carbonyl (C=O) groups excluding carboxylic acids is 1. The van der Waals surface area contributed by atoms with E-state index in [1.165, 1.54) is 0 Å². The molecule has 60 valence electrons. The first-order valence-electron chi connectivity index (χ1n) is 3.53. The molecule has 0 fully saturated rings. The molecular weight excluding hydrogens is 154 g/mol. The number of carbonyl (C=O) groups is 1. The van der Waals surface area contributed by atoms with Crippen molar-refractivity contribution in [2.75, 3.05) is 5.32 Å². The Morgan fingerprint density at radius 2 is 2.42 bits per heavy atom. The summed E-state index contributed by atoms with van der Waals surface area (Å²) in [6.07, 6.45) is 6.03. The van der Waals surface area contributed by atoms with Crippen molar-refractivity contribution < 1.29 is 4.79 Å². The van der Waals surface area contributed by atoms with E-state index in [2.05, 4.69) is 10.3 Å². The van der Waals surface area contributed by atoms with E-state index in [1.54, 1.807) is 12.3 Å². The van der Waals surface area contributed by atoms with E-state index in [-0.39, 0.29) is 0 Å². The van der Waals surface area contributed by atoms with Crippen molar-refractivity contribution in [2.24, 2.45) is 0 Å². The van der Waals surface area contributed by atoms with Crippen LogP contribution in [0.3, 0.4) is 0 Å². The summed E-state index contributed by atoms with van der Waals surface area (Å²) in [5, 5.41) is 2.57. The number of hydrogen-bond acceptors (Lipinski definition) is 2. The minimum atomic E-state index is 0.643. The molecule has 2 aromatic heterocycles.